The third-order valence-electron chi connectivity index (χ3n) is 4.65. The second-order valence-corrected chi connectivity index (χ2v) is 9.05. The number of hydrogen-bond donors (Lipinski definition) is 3. The molecule has 1 heterocycles. The molecule has 3 amide bonds. The molecule has 0 aliphatic heterocycles. The Labute approximate surface area is 207 Å². The first-order valence-corrected chi connectivity index (χ1v) is 12.2. The maximum atomic E-state index is 12.6. The number of rotatable bonds is 10. The van der Waals surface area contributed by atoms with Crippen LogP contribution in [0.5, 0.6) is 5.88 Å². The molecule has 188 valence electrons. The number of carbonyl (C=O) groups excluding carboxylic acids is 3. The van der Waals surface area contributed by atoms with Crippen LogP contribution in [-0.4, -0.2) is 51.6 Å². The van der Waals surface area contributed by atoms with E-state index in [1.807, 2.05) is 35.1 Å². The summed E-state index contributed by atoms with van der Waals surface area (Å²) >= 11 is 0. The average molecular weight is 513 g/mol. The maximum Gasteiger partial charge on any atom is 0.414 e. The van der Waals surface area contributed by atoms with Gasteiger partial charge in [0.25, 0.3) is 15.9 Å². The number of nitrogens with zero attached hydrogens (tertiary/aromatic N) is 1. The second-order valence-electron chi connectivity index (χ2n) is 7.36. The lowest BCUT2D eigenvalue weighted by molar-refractivity contribution is -0.115. The standard InChI is InChI=1S/C24H24N4O7S/c1-34-14-13-25-24(31)35-22-12-7-18(16-26-22)23(30)28-36(32,33)20-10-8-19(9-11-20)27-21(29)15-17-5-3-2-4-6-17/h2-12,16H,13-15H2,1H3,(H,25,31)(H,27,29)(H,28,30). The zero-order chi connectivity index (χ0) is 26.0. The van der Waals surface area contributed by atoms with Crippen molar-refractivity contribution in [3.63, 3.8) is 0 Å². The number of aromatic nitrogens is 1. The fourth-order valence-electron chi connectivity index (χ4n) is 2.90. The molecule has 3 rings (SSSR count). The van der Waals surface area contributed by atoms with E-state index < -0.39 is 22.0 Å². The van der Waals surface area contributed by atoms with Gasteiger partial charge in [-0.05, 0) is 35.9 Å². The van der Waals surface area contributed by atoms with Gasteiger partial charge in [0.05, 0.1) is 23.5 Å². The molecular weight excluding hydrogens is 488 g/mol. The van der Waals surface area contributed by atoms with Gasteiger partial charge in [-0.2, -0.15) is 0 Å². The third-order valence-corrected chi connectivity index (χ3v) is 6.00. The topological polar surface area (TPSA) is 153 Å². The van der Waals surface area contributed by atoms with Crippen molar-refractivity contribution in [3.05, 3.63) is 84.1 Å². The van der Waals surface area contributed by atoms with Crippen LogP contribution in [-0.2, 0) is 26.0 Å². The first-order chi connectivity index (χ1) is 17.3. The fourth-order valence-corrected chi connectivity index (χ4v) is 3.88. The summed E-state index contributed by atoms with van der Waals surface area (Å²) in [7, 11) is -2.70. The zero-order valence-corrected chi connectivity index (χ0v) is 20.1. The van der Waals surface area contributed by atoms with E-state index in [0.717, 1.165) is 11.8 Å². The number of carbonyl (C=O) groups is 3. The summed E-state index contributed by atoms with van der Waals surface area (Å²) in [4.78, 5) is 39.9. The summed E-state index contributed by atoms with van der Waals surface area (Å²) in [6, 6.07) is 17.1. The van der Waals surface area contributed by atoms with Crippen LogP contribution >= 0.6 is 0 Å². The number of hydrogen-bond acceptors (Lipinski definition) is 8. The number of anilines is 1. The number of sulfonamides is 1. The van der Waals surface area contributed by atoms with E-state index in [-0.39, 0.29) is 35.2 Å². The summed E-state index contributed by atoms with van der Waals surface area (Å²) in [5.41, 5.74) is 1.19. The van der Waals surface area contributed by atoms with Crippen molar-refractivity contribution < 1.29 is 32.3 Å². The number of methoxy groups -OCH3 is 1. The van der Waals surface area contributed by atoms with E-state index in [9.17, 15) is 22.8 Å². The molecule has 0 aliphatic rings. The third kappa shape index (κ3) is 7.89. The summed E-state index contributed by atoms with van der Waals surface area (Å²) in [6.07, 6.45) is 0.500. The van der Waals surface area contributed by atoms with Crippen molar-refractivity contribution in [1.29, 1.82) is 0 Å². The molecule has 0 atom stereocenters. The van der Waals surface area contributed by atoms with Gasteiger partial charge in [-0.25, -0.2) is 22.9 Å². The molecule has 36 heavy (non-hydrogen) atoms. The predicted octanol–water partition coefficient (Wildman–Crippen LogP) is 2.12. The van der Waals surface area contributed by atoms with Crippen molar-refractivity contribution in [2.75, 3.05) is 25.6 Å². The van der Waals surface area contributed by atoms with Crippen LogP contribution in [0.1, 0.15) is 15.9 Å². The Morgan fingerprint density at radius 2 is 1.67 bits per heavy atom. The van der Waals surface area contributed by atoms with E-state index in [0.29, 0.717) is 12.3 Å². The summed E-state index contributed by atoms with van der Waals surface area (Å²) in [5.74, 6) is -1.24. The van der Waals surface area contributed by atoms with Gasteiger partial charge in [0, 0.05) is 31.6 Å². The summed E-state index contributed by atoms with van der Waals surface area (Å²) < 4.78 is 36.9. The van der Waals surface area contributed by atoms with E-state index >= 15 is 0 Å². The molecular formula is C24H24N4O7S. The maximum absolute atomic E-state index is 12.6. The molecule has 0 aliphatic carbocycles. The Balaban J connectivity index is 1.55. The van der Waals surface area contributed by atoms with Gasteiger partial charge >= 0.3 is 6.09 Å². The van der Waals surface area contributed by atoms with Gasteiger partial charge in [-0.3, -0.25) is 9.59 Å². The van der Waals surface area contributed by atoms with Crippen LogP contribution in [0.2, 0.25) is 0 Å². The van der Waals surface area contributed by atoms with Crippen molar-refractivity contribution >= 4 is 33.6 Å². The number of nitrogens with one attached hydrogen (secondary N) is 3. The van der Waals surface area contributed by atoms with E-state index in [1.165, 1.54) is 43.5 Å². The van der Waals surface area contributed by atoms with Crippen molar-refractivity contribution in [2.45, 2.75) is 11.3 Å². The minimum Gasteiger partial charge on any atom is -0.391 e. The predicted molar refractivity (Wildman–Crippen MR) is 130 cm³/mol. The SMILES string of the molecule is COCCNC(=O)Oc1ccc(C(=O)NS(=O)(=O)c2ccc(NC(=O)Cc3ccccc3)cc2)cn1. The van der Waals surface area contributed by atoms with Gasteiger partial charge in [-0.15, -0.1) is 0 Å². The highest BCUT2D eigenvalue weighted by atomic mass is 32.2. The molecule has 11 nitrogen and oxygen atoms in total. The molecule has 2 aromatic carbocycles. The fraction of sp³-hybridized carbons (Fsp3) is 0.167. The second kappa shape index (κ2) is 12.4. The number of pyridine rings is 1. The van der Waals surface area contributed by atoms with Crippen molar-refractivity contribution in [3.8, 4) is 5.88 Å². The molecule has 0 saturated heterocycles. The highest BCUT2D eigenvalue weighted by Crippen LogP contribution is 2.16. The zero-order valence-electron chi connectivity index (χ0n) is 19.3. The van der Waals surface area contributed by atoms with Gasteiger partial charge in [0.15, 0.2) is 0 Å². The van der Waals surface area contributed by atoms with Crippen LogP contribution in [0.25, 0.3) is 0 Å². The Bertz CT molecular complexity index is 1300. The molecule has 12 heteroatoms. The minimum atomic E-state index is -4.19. The van der Waals surface area contributed by atoms with E-state index in [4.69, 9.17) is 9.47 Å². The molecule has 0 unspecified atom stereocenters. The van der Waals surface area contributed by atoms with E-state index in [2.05, 4.69) is 15.6 Å². The smallest absolute Gasteiger partial charge is 0.391 e. The molecule has 3 aromatic rings. The first-order valence-electron chi connectivity index (χ1n) is 10.7. The van der Waals surface area contributed by atoms with Crippen molar-refractivity contribution in [2.24, 2.45) is 0 Å². The van der Waals surface area contributed by atoms with Crippen LogP contribution < -0.4 is 20.1 Å². The number of benzene rings is 2. The number of amides is 3. The molecule has 0 spiro atoms. The molecule has 1 aromatic heterocycles. The van der Waals surface area contributed by atoms with Gasteiger partial charge < -0.3 is 20.1 Å². The first kappa shape index (κ1) is 26.3. The summed E-state index contributed by atoms with van der Waals surface area (Å²) in [5, 5.41) is 5.13. The lowest BCUT2D eigenvalue weighted by Gasteiger charge is -2.09. The quantitative estimate of drug-likeness (QED) is 0.349. The summed E-state index contributed by atoms with van der Waals surface area (Å²) in [6.45, 7) is 0.552. The monoisotopic (exact) mass is 512 g/mol. The van der Waals surface area contributed by atoms with Gasteiger partial charge in [0.1, 0.15) is 0 Å². The molecule has 0 fully saturated rings. The minimum absolute atomic E-state index is 0.0597. The Kier molecular flexibility index (Phi) is 9.08. The molecule has 0 saturated carbocycles. The Morgan fingerprint density at radius 3 is 2.31 bits per heavy atom. The van der Waals surface area contributed by atoms with Crippen LogP contribution in [0, 0.1) is 0 Å². The Morgan fingerprint density at radius 1 is 0.944 bits per heavy atom. The van der Waals surface area contributed by atoms with Gasteiger partial charge in [0.2, 0.25) is 11.8 Å². The van der Waals surface area contributed by atoms with Crippen LogP contribution in [0.15, 0.2) is 77.8 Å². The molecule has 3 N–H and O–H groups in total. The Hall–Kier alpha value is -4.29. The average Bonchev–Trinajstić information content (AvgIpc) is 2.85. The lowest BCUT2D eigenvalue weighted by Crippen LogP contribution is -2.31. The highest BCUT2D eigenvalue weighted by Gasteiger charge is 2.19. The van der Waals surface area contributed by atoms with Crippen molar-refractivity contribution in [1.82, 2.24) is 15.0 Å². The molecule has 0 radical (unpaired) electrons. The normalized spacial score (nSPS) is 10.8. The van der Waals surface area contributed by atoms with E-state index in [1.54, 1.807) is 0 Å². The van der Waals surface area contributed by atoms with Crippen LogP contribution in [0.4, 0.5) is 10.5 Å². The van der Waals surface area contributed by atoms with Crippen LogP contribution in [0.3, 0.4) is 0 Å². The highest BCUT2D eigenvalue weighted by molar-refractivity contribution is 7.90. The lowest BCUT2D eigenvalue weighted by atomic mass is 10.1. The largest absolute Gasteiger partial charge is 0.414 e. The number of ether oxygens (including phenoxy) is 2. The van der Waals surface area contributed by atoms with Gasteiger partial charge in [-0.1, -0.05) is 30.3 Å². The molecule has 0 bridgehead atoms.